The maximum Gasteiger partial charge on any atom is 0.249 e. The summed E-state index contributed by atoms with van der Waals surface area (Å²) >= 11 is 0. The molecule has 0 saturated carbocycles. The number of carbonyl (C=O) groups is 2. The largest absolute Gasteiger partial charge is 0.369 e. The van der Waals surface area contributed by atoms with Gasteiger partial charge in [0.05, 0.1) is 0 Å². The smallest absolute Gasteiger partial charge is 0.249 e. The fraction of sp³-hybridized carbons (Fsp3) is 0.0909. The van der Waals surface area contributed by atoms with Gasteiger partial charge in [0.1, 0.15) is 5.82 Å². The SMILES string of the molecule is NC(=O)CC=Cc1cc(F)ccc1C(N)=O. The Balaban J connectivity index is 3.01. The minimum atomic E-state index is -0.654. The monoisotopic (exact) mass is 222 g/mol. The first kappa shape index (κ1) is 11.9. The van der Waals surface area contributed by atoms with Gasteiger partial charge in [-0.15, -0.1) is 0 Å². The van der Waals surface area contributed by atoms with Crippen molar-refractivity contribution in [3.8, 4) is 0 Å². The van der Waals surface area contributed by atoms with Crippen LogP contribution in [0.5, 0.6) is 0 Å². The van der Waals surface area contributed by atoms with Crippen molar-refractivity contribution < 1.29 is 14.0 Å². The van der Waals surface area contributed by atoms with Gasteiger partial charge >= 0.3 is 0 Å². The van der Waals surface area contributed by atoms with E-state index < -0.39 is 17.6 Å². The van der Waals surface area contributed by atoms with Crippen LogP contribution in [0.4, 0.5) is 4.39 Å². The molecule has 0 unspecified atom stereocenters. The zero-order valence-corrected chi connectivity index (χ0v) is 8.44. The Bertz CT molecular complexity index is 455. The van der Waals surface area contributed by atoms with Gasteiger partial charge in [-0.1, -0.05) is 12.2 Å². The minimum absolute atomic E-state index is 0.0225. The molecule has 0 aliphatic rings. The Kier molecular flexibility index (Phi) is 3.77. The molecular formula is C11H11FN2O2. The van der Waals surface area contributed by atoms with Crippen molar-refractivity contribution in [3.63, 3.8) is 0 Å². The number of rotatable bonds is 4. The van der Waals surface area contributed by atoms with Crippen molar-refractivity contribution in [3.05, 3.63) is 41.2 Å². The molecule has 0 heterocycles. The highest BCUT2D eigenvalue weighted by molar-refractivity contribution is 5.96. The number of hydrogen-bond donors (Lipinski definition) is 2. The van der Waals surface area contributed by atoms with E-state index in [2.05, 4.69) is 0 Å². The van der Waals surface area contributed by atoms with Gasteiger partial charge in [0.2, 0.25) is 11.8 Å². The van der Waals surface area contributed by atoms with Crippen LogP contribution >= 0.6 is 0 Å². The molecule has 0 bridgehead atoms. The molecule has 1 rings (SSSR count). The van der Waals surface area contributed by atoms with Gasteiger partial charge in [0.15, 0.2) is 0 Å². The van der Waals surface area contributed by atoms with Gasteiger partial charge in [0, 0.05) is 12.0 Å². The zero-order chi connectivity index (χ0) is 12.1. The number of benzene rings is 1. The number of nitrogens with two attached hydrogens (primary N) is 2. The number of halogens is 1. The van der Waals surface area contributed by atoms with Crippen molar-refractivity contribution in [1.82, 2.24) is 0 Å². The molecule has 0 aromatic heterocycles. The summed E-state index contributed by atoms with van der Waals surface area (Å²) in [5.41, 5.74) is 10.6. The minimum Gasteiger partial charge on any atom is -0.369 e. The maximum atomic E-state index is 12.9. The van der Waals surface area contributed by atoms with E-state index in [-0.39, 0.29) is 12.0 Å². The average molecular weight is 222 g/mol. The summed E-state index contributed by atoms with van der Waals surface area (Å²) < 4.78 is 12.9. The Morgan fingerprint density at radius 1 is 1.31 bits per heavy atom. The number of amides is 2. The molecule has 4 nitrogen and oxygen atoms in total. The molecule has 1 aromatic rings. The third kappa shape index (κ3) is 3.20. The number of primary amides is 2. The van der Waals surface area contributed by atoms with Gasteiger partial charge in [-0.25, -0.2) is 4.39 Å². The molecule has 0 aliphatic carbocycles. The van der Waals surface area contributed by atoms with Crippen LogP contribution < -0.4 is 11.5 Å². The fourth-order valence-electron chi connectivity index (χ4n) is 1.20. The molecule has 84 valence electrons. The predicted octanol–water partition coefficient (Wildman–Crippen LogP) is 0.813. The Hall–Kier alpha value is -2.17. The number of carbonyl (C=O) groups excluding carboxylic acids is 2. The molecule has 0 fully saturated rings. The van der Waals surface area contributed by atoms with E-state index in [1.807, 2.05) is 0 Å². The molecule has 16 heavy (non-hydrogen) atoms. The lowest BCUT2D eigenvalue weighted by Gasteiger charge is -2.01. The third-order valence-corrected chi connectivity index (χ3v) is 1.90. The summed E-state index contributed by atoms with van der Waals surface area (Å²) in [5.74, 6) is -1.64. The van der Waals surface area contributed by atoms with Gasteiger partial charge in [-0.05, 0) is 23.8 Å². The Labute approximate surface area is 91.7 Å². The Morgan fingerprint density at radius 2 is 2.00 bits per heavy atom. The summed E-state index contributed by atoms with van der Waals surface area (Å²) in [5, 5.41) is 0. The topological polar surface area (TPSA) is 86.2 Å². The van der Waals surface area contributed by atoms with Crippen LogP contribution in [-0.2, 0) is 4.79 Å². The highest BCUT2D eigenvalue weighted by atomic mass is 19.1. The van der Waals surface area contributed by atoms with Gasteiger partial charge in [-0.3, -0.25) is 9.59 Å². The van der Waals surface area contributed by atoms with Crippen LogP contribution in [0.2, 0.25) is 0 Å². The van der Waals surface area contributed by atoms with Gasteiger partial charge in [-0.2, -0.15) is 0 Å². The van der Waals surface area contributed by atoms with E-state index >= 15 is 0 Å². The zero-order valence-electron chi connectivity index (χ0n) is 8.44. The van der Waals surface area contributed by atoms with Crippen molar-refractivity contribution in [2.75, 3.05) is 0 Å². The summed E-state index contributed by atoms with van der Waals surface area (Å²) in [6, 6.07) is 3.60. The standard InChI is InChI=1S/C11H11FN2O2/c12-8-4-5-9(11(14)16)7(6-8)2-1-3-10(13)15/h1-2,4-6H,3H2,(H2,13,15)(H2,14,16). The Morgan fingerprint density at radius 3 is 2.56 bits per heavy atom. The second kappa shape index (κ2) is 5.06. The lowest BCUT2D eigenvalue weighted by Crippen LogP contribution is -2.12. The normalized spacial score (nSPS) is 10.6. The first-order valence-corrected chi connectivity index (χ1v) is 4.55. The molecule has 2 amide bonds. The summed E-state index contributed by atoms with van der Waals surface area (Å²) in [6.45, 7) is 0. The van der Waals surface area contributed by atoms with Crippen LogP contribution in [0.25, 0.3) is 6.08 Å². The van der Waals surface area contributed by atoms with Crippen LogP contribution in [0.15, 0.2) is 24.3 Å². The molecule has 0 saturated heterocycles. The summed E-state index contributed by atoms with van der Waals surface area (Å²) in [4.78, 5) is 21.5. The second-order valence-electron chi connectivity index (χ2n) is 3.17. The maximum absolute atomic E-state index is 12.9. The quantitative estimate of drug-likeness (QED) is 0.789. The molecule has 1 aromatic carbocycles. The molecular weight excluding hydrogens is 211 g/mol. The molecule has 0 spiro atoms. The summed E-state index contributed by atoms with van der Waals surface area (Å²) in [7, 11) is 0. The van der Waals surface area contributed by atoms with Crippen LogP contribution in [0.3, 0.4) is 0 Å². The average Bonchev–Trinajstić information content (AvgIpc) is 2.16. The van der Waals surface area contributed by atoms with E-state index in [9.17, 15) is 14.0 Å². The fourth-order valence-corrected chi connectivity index (χ4v) is 1.20. The third-order valence-electron chi connectivity index (χ3n) is 1.90. The predicted molar refractivity (Wildman–Crippen MR) is 57.8 cm³/mol. The second-order valence-corrected chi connectivity index (χ2v) is 3.17. The van der Waals surface area contributed by atoms with Crippen LogP contribution in [0.1, 0.15) is 22.3 Å². The van der Waals surface area contributed by atoms with E-state index in [0.29, 0.717) is 5.56 Å². The molecule has 0 aliphatic heterocycles. The van der Waals surface area contributed by atoms with E-state index in [1.165, 1.54) is 18.2 Å². The lowest BCUT2D eigenvalue weighted by atomic mass is 10.1. The first-order chi connectivity index (χ1) is 7.50. The van der Waals surface area contributed by atoms with E-state index in [1.54, 1.807) is 0 Å². The summed E-state index contributed by atoms with van der Waals surface area (Å²) in [6.07, 6.45) is 2.91. The van der Waals surface area contributed by atoms with Crippen molar-refractivity contribution in [1.29, 1.82) is 0 Å². The van der Waals surface area contributed by atoms with E-state index in [0.717, 1.165) is 12.1 Å². The molecule has 4 N–H and O–H groups in total. The van der Waals surface area contributed by atoms with Gasteiger partial charge < -0.3 is 11.5 Å². The highest BCUT2D eigenvalue weighted by Gasteiger charge is 2.06. The van der Waals surface area contributed by atoms with Gasteiger partial charge in [0.25, 0.3) is 0 Å². The molecule has 0 atom stereocenters. The number of hydrogen-bond acceptors (Lipinski definition) is 2. The van der Waals surface area contributed by atoms with Crippen LogP contribution in [0, 0.1) is 5.82 Å². The van der Waals surface area contributed by atoms with Crippen molar-refractivity contribution >= 4 is 17.9 Å². The molecule has 5 heteroatoms. The lowest BCUT2D eigenvalue weighted by molar-refractivity contribution is -0.117. The highest BCUT2D eigenvalue weighted by Crippen LogP contribution is 2.13. The van der Waals surface area contributed by atoms with E-state index in [4.69, 9.17) is 11.5 Å². The van der Waals surface area contributed by atoms with Crippen LogP contribution in [-0.4, -0.2) is 11.8 Å². The molecule has 0 radical (unpaired) electrons. The van der Waals surface area contributed by atoms with Crippen molar-refractivity contribution in [2.24, 2.45) is 11.5 Å². The first-order valence-electron chi connectivity index (χ1n) is 4.55. The van der Waals surface area contributed by atoms with Crippen molar-refractivity contribution in [2.45, 2.75) is 6.42 Å².